The van der Waals surface area contributed by atoms with Crippen molar-refractivity contribution in [1.29, 1.82) is 0 Å². The molecule has 0 aromatic rings. The van der Waals surface area contributed by atoms with Gasteiger partial charge < -0.3 is 9.47 Å². The Balaban J connectivity index is 2.97. The Kier molecular flexibility index (Phi) is 4.61. The normalized spacial score (nSPS) is 13.2. The first-order valence-corrected chi connectivity index (χ1v) is 2.39. The monoisotopic (exact) mass is 115 g/mol. The molecule has 0 aliphatic carbocycles. The molecule has 0 N–H and O–H groups in total. The smallest absolute Gasteiger partial charge is 0.157 e. The van der Waals surface area contributed by atoms with Gasteiger partial charge in [-0.1, -0.05) is 6.08 Å². The van der Waals surface area contributed by atoms with Crippen LogP contribution in [0.15, 0.2) is 12.7 Å². The minimum Gasteiger partial charge on any atom is -0.356 e. The quantitative estimate of drug-likeness (QED) is 0.402. The SMILES string of the molecule is [CH2]C(OC)OCC=C. The van der Waals surface area contributed by atoms with E-state index in [4.69, 9.17) is 4.74 Å². The molecule has 0 saturated carbocycles. The lowest BCUT2D eigenvalue weighted by Crippen LogP contribution is -2.09. The minimum absolute atomic E-state index is 0.368. The largest absolute Gasteiger partial charge is 0.356 e. The van der Waals surface area contributed by atoms with Crippen LogP contribution in [0.5, 0.6) is 0 Å². The topological polar surface area (TPSA) is 18.5 Å². The zero-order valence-corrected chi connectivity index (χ0v) is 5.09. The molecule has 8 heavy (non-hydrogen) atoms. The highest BCUT2D eigenvalue weighted by atomic mass is 16.7. The third-order valence-corrected chi connectivity index (χ3v) is 0.663. The van der Waals surface area contributed by atoms with Crippen LogP contribution in [0.2, 0.25) is 0 Å². The van der Waals surface area contributed by atoms with Gasteiger partial charge in [0.15, 0.2) is 6.29 Å². The predicted molar refractivity (Wildman–Crippen MR) is 32.3 cm³/mol. The van der Waals surface area contributed by atoms with Gasteiger partial charge in [-0.15, -0.1) is 6.58 Å². The number of ether oxygens (including phenoxy) is 2. The van der Waals surface area contributed by atoms with Gasteiger partial charge in [-0.05, 0) is 0 Å². The molecule has 0 aromatic heterocycles. The first-order valence-electron chi connectivity index (χ1n) is 2.39. The summed E-state index contributed by atoms with van der Waals surface area (Å²) in [5.41, 5.74) is 0. The van der Waals surface area contributed by atoms with Gasteiger partial charge in [-0.2, -0.15) is 0 Å². The van der Waals surface area contributed by atoms with Crippen LogP contribution in [0.3, 0.4) is 0 Å². The van der Waals surface area contributed by atoms with E-state index in [0.29, 0.717) is 6.61 Å². The molecule has 0 rings (SSSR count). The van der Waals surface area contributed by atoms with Crippen molar-refractivity contribution in [3.63, 3.8) is 0 Å². The zero-order valence-electron chi connectivity index (χ0n) is 5.09. The van der Waals surface area contributed by atoms with Crippen LogP contribution >= 0.6 is 0 Å². The lowest BCUT2D eigenvalue weighted by molar-refractivity contribution is -0.0827. The van der Waals surface area contributed by atoms with Crippen LogP contribution in [0.4, 0.5) is 0 Å². The third-order valence-electron chi connectivity index (χ3n) is 0.663. The summed E-state index contributed by atoms with van der Waals surface area (Å²) in [5, 5.41) is 0. The molecule has 1 unspecified atom stereocenters. The highest BCUT2D eigenvalue weighted by molar-refractivity contribution is 4.64. The molecule has 0 heterocycles. The number of hydrogen-bond donors (Lipinski definition) is 0. The molecular weight excluding hydrogens is 104 g/mol. The Labute approximate surface area is 50.1 Å². The minimum atomic E-state index is -0.368. The van der Waals surface area contributed by atoms with Gasteiger partial charge >= 0.3 is 0 Å². The lowest BCUT2D eigenvalue weighted by atomic mass is 10.7. The highest BCUT2D eigenvalue weighted by Crippen LogP contribution is 1.87. The number of methoxy groups -OCH3 is 1. The average molecular weight is 115 g/mol. The van der Waals surface area contributed by atoms with Crippen LogP contribution in [-0.4, -0.2) is 20.0 Å². The average Bonchev–Trinajstić information content (AvgIpc) is 1.83. The van der Waals surface area contributed by atoms with E-state index in [9.17, 15) is 0 Å². The van der Waals surface area contributed by atoms with E-state index in [1.165, 1.54) is 0 Å². The molecule has 0 bridgehead atoms. The summed E-state index contributed by atoms with van der Waals surface area (Å²) in [6, 6.07) is 0. The second kappa shape index (κ2) is 4.81. The molecule has 0 spiro atoms. The standard InChI is InChI=1S/C6H11O2/c1-4-5-8-6(2)7-3/h4,6H,1-2,5H2,3H3. The number of hydrogen-bond acceptors (Lipinski definition) is 2. The summed E-state index contributed by atoms with van der Waals surface area (Å²) in [7, 11) is 1.54. The Bertz CT molecular complexity index is 61.5. The summed E-state index contributed by atoms with van der Waals surface area (Å²) in [6.45, 7) is 7.45. The fraction of sp³-hybridized carbons (Fsp3) is 0.500. The van der Waals surface area contributed by atoms with E-state index in [-0.39, 0.29) is 6.29 Å². The summed E-state index contributed by atoms with van der Waals surface area (Å²) in [4.78, 5) is 0. The van der Waals surface area contributed by atoms with Crippen molar-refractivity contribution < 1.29 is 9.47 Å². The van der Waals surface area contributed by atoms with Crippen molar-refractivity contribution >= 4 is 0 Å². The van der Waals surface area contributed by atoms with E-state index in [1.807, 2.05) is 0 Å². The molecule has 0 aromatic carbocycles. The molecule has 2 heteroatoms. The van der Waals surface area contributed by atoms with Crippen LogP contribution in [0, 0.1) is 6.92 Å². The van der Waals surface area contributed by atoms with Crippen LogP contribution in [-0.2, 0) is 9.47 Å². The first kappa shape index (κ1) is 7.66. The van der Waals surface area contributed by atoms with E-state index in [2.05, 4.69) is 18.2 Å². The molecule has 0 amide bonds. The fourth-order valence-corrected chi connectivity index (χ4v) is 0.243. The fourth-order valence-electron chi connectivity index (χ4n) is 0.243. The molecule has 0 aliphatic rings. The number of rotatable bonds is 4. The van der Waals surface area contributed by atoms with Crippen molar-refractivity contribution in [3.8, 4) is 0 Å². The summed E-state index contributed by atoms with van der Waals surface area (Å²) in [5.74, 6) is 0. The van der Waals surface area contributed by atoms with Crippen molar-refractivity contribution in [2.24, 2.45) is 0 Å². The summed E-state index contributed by atoms with van der Waals surface area (Å²) >= 11 is 0. The van der Waals surface area contributed by atoms with Crippen LogP contribution in [0.25, 0.3) is 0 Å². The molecule has 1 radical (unpaired) electrons. The molecule has 0 fully saturated rings. The predicted octanol–water partition coefficient (Wildman–Crippen LogP) is 0.996. The zero-order chi connectivity index (χ0) is 6.41. The summed E-state index contributed by atoms with van der Waals surface area (Å²) < 4.78 is 9.56. The van der Waals surface area contributed by atoms with Crippen molar-refractivity contribution in [1.82, 2.24) is 0 Å². The van der Waals surface area contributed by atoms with E-state index >= 15 is 0 Å². The second-order valence-electron chi connectivity index (χ2n) is 1.29. The Morgan fingerprint density at radius 1 is 1.75 bits per heavy atom. The Morgan fingerprint density at radius 3 is 2.75 bits per heavy atom. The van der Waals surface area contributed by atoms with Crippen molar-refractivity contribution in [3.05, 3.63) is 19.6 Å². The van der Waals surface area contributed by atoms with Gasteiger partial charge in [0.25, 0.3) is 0 Å². The molecule has 0 aliphatic heterocycles. The highest BCUT2D eigenvalue weighted by Gasteiger charge is 1.93. The maximum absolute atomic E-state index is 4.89. The van der Waals surface area contributed by atoms with Crippen LogP contribution in [0.1, 0.15) is 0 Å². The van der Waals surface area contributed by atoms with E-state index in [1.54, 1.807) is 13.2 Å². The van der Waals surface area contributed by atoms with Gasteiger partial charge in [0, 0.05) is 14.0 Å². The maximum atomic E-state index is 4.89. The molecular formula is C6H11O2. The van der Waals surface area contributed by atoms with Crippen molar-refractivity contribution in [2.75, 3.05) is 13.7 Å². The Hall–Kier alpha value is -0.340. The van der Waals surface area contributed by atoms with E-state index < -0.39 is 0 Å². The summed E-state index contributed by atoms with van der Waals surface area (Å²) in [6.07, 6.45) is 1.28. The second-order valence-corrected chi connectivity index (χ2v) is 1.29. The van der Waals surface area contributed by atoms with E-state index in [0.717, 1.165) is 0 Å². The molecule has 0 saturated heterocycles. The van der Waals surface area contributed by atoms with Gasteiger partial charge in [0.05, 0.1) is 6.61 Å². The molecule has 1 atom stereocenters. The third kappa shape index (κ3) is 3.84. The lowest BCUT2D eigenvalue weighted by Gasteiger charge is -2.06. The van der Waals surface area contributed by atoms with Gasteiger partial charge in [-0.3, -0.25) is 0 Å². The van der Waals surface area contributed by atoms with Gasteiger partial charge in [0.2, 0.25) is 0 Å². The molecule has 47 valence electrons. The molecule has 2 nitrogen and oxygen atoms in total. The van der Waals surface area contributed by atoms with Gasteiger partial charge in [-0.25, -0.2) is 0 Å². The maximum Gasteiger partial charge on any atom is 0.157 e. The Morgan fingerprint density at radius 2 is 2.38 bits per heavy atom. The van der Waals surface area contributed by atoms with Gasteiger partial charge in [0.1, 0.15) is 0 Å². The first-order chi connectivity index (χ1) is 3.81. The van der Waals surface area contributed by atoms with Crippen LogP contribution < -0.4 is 0 Å². The van der Waals surface area contributed by atoms with Crippen molar-refractivity contribution in [2.45, 2.75) is 6.29 Å².